The summed E-state index contributed by atoms with van der Waals surface area (Å²) in [6.07, 6.45) is 7.04. The first-order valence-electron chi connectivity index (χ1n) is 9.77. The van der Waals surface area contributed by atoms with Gasteiger partial charge in [0.1, 0.15) is 6.33 Å². The first-order chi connectivity index (χ1) is 14.6. The Kier molecular flexibility index (Phi) is 5.65. The number of aromatic nitrogens is 3. The van der Waals surface area contributed by atoms with Gasteiger partial charge in [-0.25, -0.2) is 15.0 Å². The number of para-hydroxylation sites is 1. The van der Waals surface area contributed by atoms with E-state index < -0.39 is 0 Å². The third-order valence-electron chi connectivity index (χ3n) is 4.86. The third kappa shape index (κ3) is 4.60. The number of hydrogen-bond acceptors (Lipinski definition) is 6. The number of nitrogens with zero attached hydrogens (tertiary/aromatic N) is 3. The number of rotatable bonds is 7. The van der Waals surface area contributed by atoms with Crippen LogP contribution in [-0.2, 0) is 11.2 Å². The zero-order valence-corrected chi connectivity index (χ0v) is 16.6. The molecule has 0 aliphatic heterocycles. The van der Waals surface area contributed by atoms with Crippen molar-refractivity contribution in [3.8, 4) is 0 Å². The van der Waals surface area contributed by atoms with E-state index in [1.807, 2.05) is 30.3 Å². The van der Waals surface area contributed by atoms with E-state index in [4.69, 9.17) is 0 Å². The Morgan fingerprint density at radius 2 is 1.80 bits per heavy atom. The van der Waals surface area contributed by atoms with Crippen LogP contribution in [0.4, 0.5) is 17.1 Å². The number of amides is 2. The molecule has 8 nitrogen and oxygen atoms in total. The van der Waals surface area contributed by atoms with Gasteiger partial charge in [-0.2, -0.15) is 0 Å². The van der Waals surface area contributed by atoms with Crippen LogP contribution >= 0.6 is 0 Å². The number of carbonyl (C=O) groups is 2. The van der Waals surface area contributed by atoms with Gasteiger partial charge < -0.3 is 16.0 Å². The number of pyridine rings is 1. The average molecular weight is 402 g/mol. The minimum atomic E-state index is -0.346. The lowest BCUT2D eigenvalue weighted by atomic mass is 10.1. The minimum Gasteiger partial charge on any atom is -0.359 e. The summed E-state index contributed by atoms with van der Waals surface area (Å²) in [5.41, 5.74) is 3.74. The van der Waals surface area contributed by atoms with Crippen molar-refractivity contribution in [3.05, 3.63) is 72.1 Å². The van der Waals surface area contributed by atoms with Crippen molar-refractivity contribution in [2.75, 3.05) is 17.7 Å². The molecule has 3 N–H and O–H groups in total. The van der Waals surface area contributed by atoms with Crippen LogP contribution in [0, 0.1) is 0 Å². The van der Waals surface area contributed by atoms with Crippen molar-refractivity contribution in [2.45, 2.75) is 25.2 Å². The Morgan fingerprint density at radius 1 is 1.03 bits per heavy atom. The second-order valence-corrected chi connectivity index (χ2v) is 7.12. The maximum absolute atomic E-state index is 13.2. The summed E-state index contributed by atoms with van der Waals surface area (Å²) < 4.78 is 0. The van der Waals surface area contributed by atoms with Crippen LogP contribution in [0.15, 0.2) is 55.1 Å². The van der Waals surface area contributed by atoms with Crippen molar-refractivity contribution >= 4 is 28.9 Å². The predicted octanol–water partition coefficient (Wildman–Crippen LogP) is 3.03. The van der Waals surface area contributed by atoms with Crippen LogP contribution < -0.4 is 16.0 Å². The lowest BCUT2D eigenvalue weighted by molar-refractivity contribution is -0.119. The summed E-state index contributed by atoms with van der Waals surface area (Å²) in [6, 6.07) is 11.1. The highest BCUT2D eigenvalue weighted by Gasteiger charge is 2.27. The van der Waals surface area contributed by atoms with Crippen LogP contribution in [0.3, 0.4) is 0 Å². The van der Waals surface area contributed by atoms with E-state index in [-0.39, 0.29) is 23.9 Å². The lowest BCUT2D eigenvalue weighted by Gasteiger charge is -2.14. The fourth-order valence-corrected chi connectivity index (χ4v) is 3.11. The van der Waals surface area contributed by atoms with Crippen molar-refractivity contribution in [3.63, 3.8) is 0 Å². The zero-order valence-electron chi connectivity index (χ0n) is 16.6. The summed E-state index contributed by atoms with van der Waals surface area (Å²) in [5.74, 6) is -0.0654. The molecule has 0 bridgehead atoms. The molecular formula is C22H22N6O2. The lowest BCUT2D eigenvalue weighted by Crippen LogP contribution is -2.22. The van der Waals surface area contributed by atoms with Crippen molar-refractivity contribution < 1.29 is 9.59 Å². The molecule has 0 radical (unpaired) electrons. The molecule has 0 unspecified atom stereocenters. The highest BCUT2D eigenvalue weighted by Crippen LogP contribution is 2.39. The molecule has 4 rings (SSSR count). The summed E-state index contributed by atoms with van der Waals surface area (Å²) in [7, 11) is 1.59. The normalized spacial score (nSPS) is 12.8. The summed E-state index contributed by atoms with van der Waals surface area (Å²) in [5, 5.41) is 8.69. The van der Waals surface area contributed by atoms with Gasteiger partial charge in [0.15, 0.2) is 5.69 Å². The van der Waals surface area contributed by atoms with Crippen LogP contribution in [0.1, 0.15) is 40.5 Å². The number of benzene rings is 1. The number of carbonyl (C=O) groups excluding carboxylic acids is 2. The first kappa shape index (κ1) is 19.5. The molecule has 2 heterocycles. The fraction of sp³-hybridized carbons (Fsp3) is 0.227. The molecule has 1 aliphatic rings. The molecule has 2 amide bonds. The van der Waals surface area contributed by atoms with E-state index in [1.165, 1.54) is 6.33 Å². The maximum Gasteiger partial charge on any atom is 0.276 e. The van der Waals surface area contributed by atoms with Gasteiger partial charge in [-0.05, 0) is 36.6 Å². The highest BCUT2D eigenvalue weighted by molar-refractivity contribution is 6.07. The Balaban J connectivity index is 1.63. The van der Waals surface area contributed by atoms with E-state index in [0.717, 1.165) is 24.1 Å². The Hall–Kier alpha value is -3.81. The van der Waals surface area contributed by atoms with E-state index >= 15 is 0 Å². The molecule has 0 saturated heterocycles. The second kappa shape index (κ2) is 8.69. The van der Waals surface area contributed by atoms with E-state index in [9.17, 15) is 9.59 Å². The van der Waals surface area contributed by atoms with Gasteiger partial charge in [0.25, 0.3) is 5.91 Å². The van der Waals surface area contributed by atoms with Gasteiger partial charge >= 0.3 is 0 Å². The summed E-state index contributed by atoms with van der Waals surface area (Å²) >= 11 is 0. The maximum atomic E-state index is 13.2. The highest BCUT2D eigenvalue weighted by atomic mass is 16.2. The van der Waals surface area contributed by atoms with E-state index in [1.54, 1.807) is 25.5 Å². The van der Waals surface area contributed by atoms with Crippen molar-refractivity contribution in [1.82, 2.24) is 20.3 Å². The zero-order chi connectivity index (χ0) is 20.9. The number of nitrogens with one attached hydrogen (secondary N) is 3. The summed E-state index contributed by atoms with van der Waals surface area (Å²) in [4.78, 5) is 37.6. The molecular weight excluding hydrogens is 380 g/mol. The first-order valence-corrected chi connectivity index (χ1v) is 9.77. The number of hydrogen-bond donors (Lipinski definition) is 3. The largest absolute Gasteiger partial charge is 0.359 e. The fourth-order valence-electron chi connectivity index (χ4n) is 3.11. The second-order valence-electron chi connectivity index (χ2n) is 7.12. The van der Waals surface area contributed by atoms with E-state index in [0.29, 0.717) is 23.0 Å². The Bertz CT molecular complexity index is 1070. The topological polar surface area (TPSA) is 109 Å². The standard InChI is InChI=1S/C22H22N6O2/c1-23-20(29)10-15-4-2-3-5-17(15)28-22(30)21-19(26-16-11-24-13-25-12-16)9-8-18(27-21)14-6-7-14/h2-5,8-9,11-14,26H,6-7,10H2,1H3,(H,23,29)(H,28,30). The number of likely N-dealkylation sites (N-methyl/N-ethyl adjacent to an activating group) is 1. The molecule has 8 heteroatoms. The van der Waals surface area contributed by atoms with Gasteiger partial charge in [0.2, 0.25) is 5.91 Å². The van der Waals surface area contributed by atoms with Gasteiger partial charge in [-0.1, -0.05) is 18.2 Å². The SMILES string of the molecule is CNC(=O)Cc1ccccc1NC(=O)c1nc(C2CC2)ccc1Nc1cncnc1. The Labute approximate surface area is 174 Å². The molecule has 1 saturated carbocycles. The summed E-state index contributed by atoms with van der Waals surface area (Å²) in [6.45, 7) is 0. The molecule has 0 atom stereocenters. The van der Waals surface area contributed by atoms with Crippen LogP contribution in [0.25, 0.3) is 0 Å². The molecule has 1 aromatic carbocycles. The molecule has 152 valence electrons. The van der Waals surface area contributed by atoms with Crippen LogP contribution in [-0.4, -0.2) is 33.8 Å². The predicted molar refractivity (Wildman–Crippen MR) is 114 cm³/mol. The molecule has 2 aromatic heterocycles. The van der Waals surface area contributed by atoms with Gasteiger partial charge in [-0.3, -0.25) is 9.59 Å². The Morgan fingerprint density at radius 3 is 2.53 bits per heavy atom. The van der Waals surface area contributed by atoms with Gasteiger partial charge in [0.05, 0.1) is 30.2 Å². The third-order valence-corrected chi connectivity index (χ3v) is 4.86. The van der Waals surface area contributed by atoms with Crippen molar-refractivity contribution in [2.24, 2.45) is 0 Å². The van der Waals surface area contributed by atoms with Gasteiger partial charge in [0, 0.05) is 24.3 Å². The molecule has 1 fully saturated rings. The van der Waals surface area contributed by atoms with Gasteiger partial charge in [-0.15, -0.1) is 0 Å². The molecule has 3 aromatic rings. The van der Waals surface area contributed by atoms with E-state index in [2.05, 4.69) is 30.9 Å². The van der Waals surface area contributed by atoms with Crippen LogP contribution in [0.2, 0.25) is 0 Å². The monoisotopic (exact) mass is 402 g/mol. The number of anilines is 3. The van der Waals surface area contributed by atoms with Crippen LogP contribution in [0.5, 0.6) is 0 Å². The molecule has 30 heavy (non-hydrogen) atoms. The smallest absolute Gasteiger partial charge is 0.276 e. The quantitative estimate of drug-likeness (QED) is 0.560. The average Bonchev–Trinajstić information content (AvgIpc) is 3.61. The molecule has 1 aliphatic carbocycles. The molecule has 0 spiro atoms. The van der Waals surface area contributed by atoms with Crippen molar-refractivity contribution in [1.29, 1.82) is 0 Å². The minimum absolute atomic E-state index is 0.128.